The highest BCUT2D eigenvalue weighted by molar-refractivity contribution is 5.69. The van der Waals surface area contributed by atoms with Crippen molar-refractivity contribution in [3.8, 4) is 23.1 Å². The summed E-state index contributed by atoms with van der Waals surface area (Å²) >= 11 is 0. The highest BCUT2D eigenvalue weighted by Gasteiger charge is 2.20. The van der Waals surface area contributed by atoms with Gasteiger partial charge in [-0.15, -0.1) is 10.2 Å². The van der Waals surface area contributed by atoms with E-state index < -0.39 is 11.6 Å². The van der Waals surface area contributed by atoms with Crippen molar-refractivity contribution in [1.29, 1.82) is 0 Å². The zero-order chi connectivity index (χ0) is 16.5. The van der Waals surface area contributed by atoms with Crippen LogP contribution in [0.5, 0.6) is 23.1 Å². The molecule has 0 saturated carbocycles. The van der Waals surface area contributed by atoms with Crippen LogP contribution in [0.2, 0.25) is 0 Å². The van der Waals surface area contributed by atoms with Crippen LogP contribution in [-0.4, -0.2) is 10.2 Å². The first kappa shape index (κ1) is 14.3. The van der Waals surface area contributed by atoms with Crippen molar-refractivity contribution in [1.82, 2.24) is 10.2 Å². The van der Waals surface area contributed by atoms with Crippen LogP contribution in [0, 0.1) is 11.6 Å². The summed E-state index contributed by atoms with van der Waals surface area (Å²) < 4.78 is 37.9. The summed E-state index contributed by atoms with van der Waals surface area (Å²) in [6, 6.07) is 12.2. The quantitative estimate of drug-likeness (QED) is 0.530. The van der Waals surface area contributed by atoms with Gasteiger partial charge in [0.25, 0.3) is 5.88 Å². The Morgan fingerprint density at radius 2 is 1.58 bits per heavy atom. The first-order valence-electron chi connectivity index (χ1n) is 7.15. The number of aromatic nitrogens is 2. The predicted octanol–water partition coefficient (Wildman–Crippen LogP) is 4.82. The Hall–Kier alpha value is -3.28. The molecule has 6 heteroatoms. The van der Waals surface area contributed by atoms with Crippen LogP contribution in [0.25, 0.3) is 12.2 Å². The summed E-state index contributed by atoms with van der Waals surface area (Å²) in [5.41, 5.74) is 0.707. The van der Waals surface area contributed by atoms with Gasteiger partial charge in [-0.3, -0.25) is 0 Å². The molecule has 0 saturated heterocycles. The summed E-state index contributed by atoms with van der Waals surface area (Å²) in [5.74, 6) is 0.559. The Morgan fingerprint density at radius 3 is 2.38 bits per heavy atom. The number of benzene rings is 2. The number of rotatable bonds is 2. The van der Waals surface area contributed by atoms with E-state index in [2.05, 4.69) is 10.2 Å². The van der Waals surface area contributed by atoms with Crippen molar-refractivity contribution in [2.75, 3.05) is 0 Å². The molecule has 0 unspecified atom stereocenters. The van der Waals surface area contributed by atoms with E-state index in [9.17, 15) is 8.78 Å². The van der Waals surface area contributed by atoms with Gasteiger partial charge in [-0.25, -0.2) is 8.78 Å². The van der Waals surface area contributed by atoms with Crippen molar-refractivity contribution in [2.45, 2.75) is 0 Å². The molecule has 4 rings (SSSR count). The average molecular weight is 324 g/mol. The maximum absolute atomic E-state index is 13.6. The molecule has 0 spiro atoms. The summed E-state index contributed by atoms with van der Waals surface area (Å²) in [7, 11) is 0. The molecular formula is C18H10F2N2O2. The largest absolute Gasteiger partial charge is 0.448 e. The molecule has 2 aromatic carbocycles. The lowest BCUT2D eigenvalue weighted by Crippen LogP contribution is -2.02. The minimum absolute atomic E-state index is 0.249. The Balaban J connectivity index is 1.61. The van der Waals surface area contributed by atoms with Crippen molar-refractivity contribution >= 4 is 12.2 Å². The third-order valence-corrected chi connectivity index (χ3v) is 3.42. The number of halogens is 2. The van der Waals surface area contributed by atoms with Gasteiger partial charge in [0.1, 0.15) is 11.6 Å². The van der Waals surface area contributed by atoms with E-state index in [0.717, 1.165) is 6.07 Å². The second-order valence-corrected chi connectivity index (χ2v) is 5.09. The Bertz CT molecular complexity index is 957. The number of ether oxygens (including phenoxy) is 2. The summed E-state index contributed by atoms with van der Waals surface area (Å²) in [4.78, 5) is 0. The molecule has 0 amide bonds. The van der Waals surface area contributed by atoms with Gasteiger partial charge < -0.3 is 9.47 Å². The molecule has 24 heavy (non-hydrogen) atoms. The molecule has 1 aromatic heterocycles. The minimum Gasteiger partial charge on any atom is -0.448 e. The van der Waals surface area contributed by atoms with Crippen LogP contribution in [0.15, 0.2) is 48.5 Å². The van der Waals surface area contributed by atoms with Gasteiger partial charge in [0.2, 0.25) is 0 Å². The van der Waals surface area contributed by atoms with E-state index in [-0.39, 0.29) is 11.4 Å². The standard InChI is InChI=1S/C18H10F2N2O2/c19-12-7-5-11(14(20)9-12)6-8-13-10-17-18(22-21-13)24-16-4-2-1-3-15(16)23-17/h1-10H. The van der Waals surface area contributed by atoms with Crippen LogP contribution >= 0.6 is 0 Å². The number of fused-ring (bicyclic) bond motifs is 2. The highest BCUT2D eigenvalue weighted by atomic mass is 19.1. The molecule has 118 valence electrons. The predicted molar refractivity (Wildman–Crippen MR) is 83.9 cm³/mol. The SMILES string of the molecule is Fc1ccc(C=Cc2cc3c(nn2)Oc2ccccc2O3)c(F)c1. The molecule has 0 bridgehead atoms. The fourth-order valence-corrected chi connectivity index (χ4v) is 2.26. The third-order valence-electron chi connectivity index (χ3n) is 3.42. The first-order valence-corrected chi connectivity index (χ1v) is 7.15. The van der Waals surface area contributed by atoms with Crippen molar-refractivity contribution in [3.05, 3.63) is 71.4 Å². The van der Waals surface area contributed by atoms with Crippen LogP contribution < -0.4 is 9.47 Å². The third kappa shape index (κ3) is 2.69. The van der Waals surface area contributed by atoms with Crippen molar-refractivity contribution in [3.63, 3.8) is 0 Å². The van der Waals surface area contributed by atoms with Gasteiger partial charge in [0.05, 0.1) is 5.69 Å². The van der Waals surface area contributed by atoms with Gasteiger partial charge in [0.15, 0.2) is 17.2 Å². The molecule has 0 N–H and O–H groups in total. The van der Waals surface area contributed by atoms with Crippen molar-refractivity contribution in [2.24, 2.45) is 0 Å². The van der Waals surface area contributed by atoms with Crippen LogP contribution in [0.1, 0.15) is 11.3 Å². The lowest BCUT2D eigenvalue weighted by Gasteiger charge is -2.18. The Labute approximate surface area is 136 Å². The highest BCUT2D eigenvalue weighted by Crippen LogP contribution is 2.43. The second-order valence-electron chi connectivity index (χ2n) is 5.09. The number of nitrogens with zero attached hydrogens (tertiary/aromatic N) is 2. The van der Waals surface area contributed by atoms with E-state index in [1.807, 2.05) is 12.1 Å². The summed E-state index contributed by atoms with van der Waals surface area (Å²) in [6.07, 6.45) is 3.05. The smallest absolute Gasteiger partial charge is 0.282 e. The van der Waals surface area contributed by atoms with Gasteiger partial charge in [-0.05, 0) is 36.4 Å². The van der Waals surface area contributed by atoms with Crippen LogP contribution in [-0.2, 0) is 0 Å². The van der Waals surface area contributed by atoms with Gasteiger partial charge in [-0.2, -0.15) is 0 Å². The molecule has 1 aliphatic heterocycles. The van der Waals surface area contributed by atoms with Crippen molar-refractivity contribution < 1.29 is 18.3 Å². The molecule has 0 radical (unpaired) electrons. The maximum Gasteiger partial charge on any atom is 0.282 e. The molecule has 0 atom stereocenters. The molecule has 4 nitrogen and oxygen atoms in total. The first-order chi connectivity index (χ1) is 11.7. The summed E-state index contributed by atoms with van der Waals surface area (Å²) in [5, 5.41) is 7.95. The number of hydrogen-bond acceptors (Lipinski definition) is 4. The normalized spacial score (nSPS) is 12.2. The lowest BCUT2D eigenvalue weighted by atomic mass is 10.2. The zero-order valence-corrected chi connectivity index (χ0v) is 12.2. The van der Waals surface area contributed by atoms with E-state index >= 15 is 0 Å². The van der Waals surface area contributed by atoms with Crippen LogP contribution in [0.4, 0.5) is 8.78 Å². The van der Waals surface area contributed by atoms with Gasteiger partial charge >= 0.3 is 0 Å². The van der Waals surface area contributed by atoms with E-state index in [0.29, 0.717) is 22.9 Å². The molecule has 3 aromatic rings. The Kier molecular flexibility index (Phi) is 3.42. The Morgan fingerprint density at radius 1 is 0.792 bits per heavy atom. The summed E-state index contributed by atoms with van der Waals surface area (Å²) in [6.45, 7) is 0. The van der Waals surface area contributed by atoms with Gasteiger partial charge in [0, 0.05) is 17.7 Å². The molecule has 0 fully saturated rings. The molecular weight excluding hydrogens is 314 g/mol. The average Bonchev–Trinajstić information content (AvgIpc) is 2.59. The fourth-order valence-electron chi connectivity index (χ4n) is 2.26. The minimum atomic E-state index is -0.648. The van der Waals surface area contributed by atoms with E-state index in [4.69, 9.17) is 9.47 Å². The molecule has 2 heterocycles. The number of para-hydroxylation sites is 2. The van der Waals surface area contributed by atoms with E-state index in [1.54, 1.807) is 24.3 Å². The monoisotopic (exact) mass is 324 g/mol. The topological polar surface area (TPSA) is 44.2 Å². The molecule has 0 aliphatic carbocycles. The zero-order valence-electron chi connectivity index (χ0n) is 12.2. The maximum atomic E-state index is 13.6. The van der Waals surface area contributed by atoms with Gasteiger partial charge in [-0.1, -0.05) is 12.1 Å². The van der Waals surface area contributed by atoms with Crippen LogP contribution in [0.3, 0.4) is 0 Å². The second kappa shape index (κ2) is 5.73. The fraction of sp³-hybridized carbons (Fsp3) is 0. The lowest BCUT2D eigenvalue weighted by molar-refractivity contribution is 0.343. The molecule has 1 aliphatic rings. The number of hydrogen-bond donors (Lipinski definition) is 0. The van der Waals surface area contributed by atoms with E-state index in [1.165, 1.54) is 18.2 Å².